The van der Waals surface area contributed by atoms with Crippen molar-refractivity contribution >= 4 is 11.6 Å². The molecule has 0 aromatic heterocycles. The number of anilines is 1. The summed E-state index contributed by atoms with van der Waals surface area (Å²) < 4.78 is 10.8. The minimum absolute atomic E-state index is 0.154. The highest BCUT2D eigenvalue weighted by molar-refractivity contribution is 5.93. The maximum Gasteiger partial charge on any atom is 0.248 e. The van der Waals surface area contributed by atoms with Gasteiger partial charge in [-0.1, -0.05) is 18.2 Å². The van der Waals surface area contributed by atoms with E-state index >= 15 is 0 Å². The number of nitrogens with one attached hydrogen (secondary N) is 1. The molecule has 1 aliphatic carbocycles. The maximum atomic E-state index is 11.6. The zero-order valence-corrected chi connectivity index (χ0v) is 14.9. The largest absolute Gasteiger partial charge is 0.493 e. The number of fused-ring (bicyclic) bond motifs is 3. The van der Waals surface area contributed by atoms with Gasteiger partial charge in [-0.3, -0.25) is 4.79 Å². The highest BCUT2D eigenvalue weighted by atomic mass is 16.5. The molecule has 134 valence electrons. The summed E-state index contributed by atoms with van der Waals surface area (Å²) in [7, 11) is 3.29. The molecule has 1 amide bonds. The van der Waals surface area contributed by atoms with Crippen molar-refractivity contribution in [2.75, 3.05) is 19.5 Å². The van der Waals surface area contributed by atoms with E-state index in [0.717, 1.165) is 34.7 Å². The summed E-state index contributed by atoms with van der Waals surface area (Å²) in [4.78, 5) is 11.6. The van der Waals surface area contributed by atoms with Crippen molar-refractivity contribution in [3.05, 3.63) is 65.2 Å². The molecule has 5 nitrogen and oxygen atoms in total. The van der Waals surface area contributed by atoms with E-state index in [9.17, 15) is 4.79 Å². The Morgan fingerprint density at radius 3 is 2.65 bits per heavy atom. The molecule has 0 bridgehead atoms. The number of methoxy groups -OCH3 is 2. The molecule has 0 fully saturated rings. The Morgan fingerprint density at radius 2 is 1.92 bits per heavy atom. The summed E-state index contributed by atoms with van der Waals surface area (Å²) in [6.45, 7) is 0. The van der Waals surface area contributed by atoms with Gasteiger partial charge < -0.3 is 20.5 Å². The van der Waals surface area contributed by atoms with Crippen LogP contribution in [0, 0.1) is 5.92 Å². The molecule has 2 aromatic rings. The first kappa shape index (κ1) is 16.5. The number of allylic oxidation sites excluding steroid dienone is 2. The molecule has 3 unspecified atom stereocenters. The first-order valence-electron chi connectivity index (χ1n) is 8.71. The predicted octanol–water partition coefficient (Wildman–Crippen LogP) is 3.63. The average Bonchev–Trinajstić information content (AvgIpc) is 3.16. The monoisotopic (exact) mass is 350 g/mol. The molecule has 2 aliphatic rings. The minimum atomic E-state index is -0.395. The van der Waals surface area contributed by atoms with E-state index < -0.39 is 5.91 Å². The molecule has 5 heteroatoms. The summed E-state index contributed by atoms with van der Waals surface area (Å²) in [6, 6.07) is 11.9. The number of hydrogen-bond donors (Lipinski definition) is 2. The van der Waals surface area contributed by atoms with Gasteiger partial charge in [0.1, 0.15) is 0 Å². The molecule has 2 aromatic carbocycles. The Balaban J connectivity index is 1.75. The van der Waals surface area contributed by atoms with Crippen molar-refractivity contribution < 1.29 is 14.3 Å². The fraction of sp³-hybridized carbons (Fsp3) is 0.286. The van der Waals surface area contributed by atoms with E-state index in [0.29, 0.717) is 11.5 Å². The predicted molar refractivity (Wildman–Crippen MR) is 101 cm³/mol. The normalized spacial score (nSPS) is 22.9. The molecule has 3 atom stereocenters. The average molecular weight is 350 g/mol. The molecule has 1 heterocycles. The van der Waals surface area contributed by atoms with Crippen molar-refractivity contribution in [1.29, 1.82) is 0 Å². The zero-order chi connectivity index (χ0) is 18.3. The molecule has 4 rings (SSSR count). The van der Waals surface area contributed by atoms with E-state index in [1.54, 1.807) is 20.3 Å². The third kappa shape index (κ3) is 2.60. The zero-order valence-electron chi connectivity index (χ0n) is 14.9. The Kier molecular flexibility index (Phi) is 4.07. The molecule has 0 saturated carbocycles. The molecular weight excluding hydrogens is 328 g/mol. The van der Waals surface area contributed by atoms with Gasteiger partial charge in [-0.25, -0.2) is 0 Å². The second-order valence-corrected chi connectivity index (χ2v) is 6.76. The lowest BCUT2D eigenvalue weighted by Crippen LogP contribution is -2.29. The van der Waals surface area contributed by atoms with Gasteiger partial charge in [-0.05, 0) is 53.8 Å². The van der Waals surface area contributed by atoms with Gasteiger partial charge >= 0.3 is 0 Å². The number of amides is 1. The van der Waals surface area contributed by atoms with Crippen molar-refractivity contribution in [2.45, 2.75) is 18.4 Å². The van der Waals surface area contributed by atoms with Gasteiger partial charge in [0, 0.05) is 17.2 Å². The first-order valence-corrected chi connectivity index (χ1v) is 8.71. The fourth-order valence-electron chi connectivity index (χ4n) is 4.12. The van der Waals surface area contributed by atoms with Crippen LogP contribution in [0.4, 0.5) is 5.69 Å². The van der Waals surface area contributed by atoms with Crippen LogP contribution >= 0.6 is 0 Å². The third-order valence-electron chi connectivity index (χ3n) is 5.41. The van der Waals surface area contributed by atoms with E-state index in [4.69, 9.17) is 15.2 Å². The van der Waals surface area contributed by atoms with Crippen molar-refractivity contribution in [2.24, 2.45) is 11.7 Å². The summed E-state index contributed by atoms with van der Waals surface area (Å²) in [5.41, 5.74) is 9.35. The van der Waals surface area contributed by atoms with Gasteiger partial charge in [0.15, 0.2) is 11.5 Å². The van der Waals surface area contributed by atoms with Crippen LogP contribution in [0.3, 0.4) is 0 Å². The van der Waals surface area contributed by atoms with Gasteiger partial charge in [-0.15, -0.1) is 0 Å². The number of primary amides is 1. The molecule has 1 aliphatic heterocycles. The van der Waals surface area contributed by atoms with E-state index in [1.165, 1.54) is 0 Å². The molecule has 3 N–H and O–H groups in total. The van der Waals surface area contributed by atoms with Gasteiger partial charge in [0.2, 0.25) is 5.91 Å². The number of hydrogen-bond acceptors (Lipinski definition) is 4. The lowest BCUT2D eigenvalue weighted by molar-refractivity contribution is 0.1000. The fourth-order valence-corrected chi connectivity index (χ4v) is 4.12. The highest BCUT2D eigenvalue weighted by Gasteiger charge is 2.38. The quantitative estimate of drug-likeness (QED) is 0.826. The van der Waals surface area contributed by atoms with Crippen LogP contribution in [0.1, 0.15) is 39.9 Å². The van der Waals surface area contributed by atoms with Crippen LogP contribution < -0.4 is 20.5 Å². The Morgan fingerprint density at radius 1 is 1.12 bits per heavy atom. The third-order valence-corrected chi connectivity index (χ3v) is 5.41. The summed E-state index contributed by atoms with van der Waals surface area (Å²) in [5.74, 6) is 1.70. The number of nitrogens with two attached hydrogens (primary N) is 1. The van der Waals surface area contributed by atoms with Crippen molar-refractivity contribution in [3.8, 4) is 11.5 Å². The highest BCUT2D eigenvalue weighted by Crippen LogP contribution is 2.50. The van der Waals surface area contributed by atoms with E-state index in [2.05, 4.69) is 23.5 Å². The van der Waals surface area contributed by atoms with Crippen molar-refractivity contribution in [1.82, 2.24) is 0 Å². The summed E-state index contributed by atoms with van der Waals surface area (Å²) in [6.07, 6.45) is 5.44. The van der Waals surface area contributed by atoms with Gasteiger partial charge in [0.05, 0.1) is 20.3 Å². The van der Waals surface area contributed by atoms with Gasteiger partial charge in [-0.2, -0.15) is 0 Å². The summed E-state index contributed by atoms with van der Waals surface area (Å²) >= 11 is 0. The Hall–Kier alpha value is -2.95. The molecule has 0 saturated heterocycles. The van der Waals surface area contributed by atoms with E-state index in [1.807, 2.05) is 24.3 Å². The first-order chi connectivity index (χ1) is 12.6. The Bertz CT molecular complexity index is 891. The number of carbonyl (C=O) groups excluding carboxylic acids is 1. The number of benzene rings is 2. The van der Waals surface area contributed by atoms with Crippen LogP contribution in [0.25, 0.3) is 0 Å². The molecule has 0 radical (unpaired) electrons. The SMILES string of the molecule is COc1ccc(C2Nc3ccc(C(N)=O)cc3C3C=CCC32)cc1OC. The van der Waals surface area contributed by atoms with Crippen LogP contribution in [0.2, 0.25) is 0 Å². The molecule has 0 spiro atoms. The van der Waals surface area contributed by atoms with Crippen LogP contribution in [-0.2, 0) is 0 Å². The summed E-state index contributed by atoms with van der Waals surface area (Å²) in [5, 5.41) is 3.65. The second-order valence-electron chi connectivity index (χ2n) is 6.76. The topological polar surface area (TPSA) is 73.6 Å². The second kappa shape index (κ2) is 6.41. The van der Waals surface area contributed by atoms with Gasteiger partial charge in [0.25, 0.3) is 0 Å². The number of ether oxygens (including phenoxy) is 2. The maximum absolute atomic E-state index is 11.6. The smallest absolute Gasteiger partial charge is 0.248 e. The van der Waals surface area contributed by atoms with Crippen molar-refractivity contribution in [3.63, 3.8) is 0 Å². The van der Waals surface area contributed by atoms with Crippen LogP contribution in [0.15, 0.2) is 48.6 Å². The molecular formula is C21H22N2O3. The minimum Gasteiger partial charge on any atom is -0.493 e. The van der Waals surface area contributed by atoms with E-state index in [-0.39, 0.29) is 12.0 Å². The standard InChI is InChI=1S/C21H22N2O3/c1-25-18-9-7-12(11-19(18)26-2)20-15-5-3-4-14(15)16-10-13(21(22)24)6-8-17(16)23-20/h3-4,6-11,14-15,20,23H,5H2,1-2H3,(H2,22,24). The van der Waals surface area contributed by atoms with Crippen LogP contribution in [0.5, 0.6) is 11.5 Å². The lowest BCUT2D eigenvalue weighted by Gasteiger charge is -2.37. The number of carbonyl (C=O) groups is 1. The number of rotatable bonds is 4. The Labute approximate surface area is 152 Å². The molecule has 26 heavy (non-hydrogen) atoms. The lowest BCUT2D eigenvalue weighted by atomic mass is 9.76. The van der Waals surface area contributed by atoms with Crippen LogP contribution in [-0.4, -0.2) is 20.1 Å².